The SMILES string of the molecule is CC[C@@H](N[C@@H](CC(C)C)C(=O)OC)P(=O)(OCc1ccccc1)OCc1ccccc1. The molecule has 6 nitrogen and oxygen atoms in total. The van der Waals surface area contributed by atoms with Gasteiger partial charge in [0.15, 0.2) is 0 Å². The summed E-state index contributed by atoms with van der Waals surface area (Å²) in [7, 11) is -2.27. The molecule has 0 saturated carbocycles. The fourth-order valence-electron chi connectivity index (χ4n) is 3.21. The Kier molecular flexibility index (Phi) is 10.4. The summed E-state index contributed by atoms with van der Waals surface area (Å²) in [6.45, 7) is 6.24. The second kappa shape index (κ2) is 12.8. The lowest BCUT2D eigenvalue weighted by Gasteiger charge is -2.30. The Morgan fingerprint density at radius 2 is 1.42 bits per heavy atom. The summed E-state index contributed by atoms with van der Waals surface area (Å²) < 4.78 is 30.8. The predicted octanol–water partition coefficient (Wildman–Crippen LogP) is 5.53. The quantitative estimate of drug-likeness (QED) is 0.322. The van der Waals surface area contributed by atoms with Gasteiger partial charge in [-0.25, -0.2) is 0 Å². The number of methoxy groups -OCH3 is 1. The summed E-state index contributed by atoms with van der Waals surface area (Å²) in [5.74, 6) is -0.781. The van der Waals surface area contributed by atoms with Crippen LogP contribution in [0.25, 0.3) is 0 Å². The molecule has 0 unspecified atom stereocenters. The molecule has 0 aliphatic heterocycles. The summed E-state index contributed by atoms with van der Waals surface area (Å²) in [5, 5.41) is 3.21. The Morgan fingerprint density at radius 1 is 0.935 bits per heavy atom. The van der Waals surface area contributed by atoms with Gasteiger partial charge in [0.05, 0.1) is 20.3 Å². The van der Waals surface area contributed by atoms with Crippen molar-refractivity contribution in [2.75, 3.05) is 7.11 Å². The maximum atomic E-state index is 14.0. The molecule has 0 spiro atoms. The highest BCUT2D eigenvalue weighted by Gasteiger charge is 2.38. The lowest BCUT2D eigenvalue weighted by Crippen LogP contribution is -2.44. The standard InChI is InChI=1S/C24H34NO5P/c1-5-23(25-22(16-19(2)3)24(26)28-4)31(27,29-17-20-12-8-6-9-13-20)30-18-21-14-10-7-11-15-21/h6-15,19,22-23,25H,5,16-18H2,1-4H3/t22-,23-/m0/s1. The molecule has 0 saturated heterocycles. The molecule has 0 aliphatic carbocycles. The van der Waals surface area contributed by atoms with E-state index in [1.54, 1.807) is 0 Å². The van der Waals surface area contributed by atoms with E-state index in [-0.39, 0.29) is 25.1 Å². The van der Waals surface area contributed by atoms with Crippen LogP contribution in [-0.4, -0.2) is 24.9 Å². The average molecular weight is 448 g/mol. The zero-order chi connectivity index (χ0) is 22.7. The second-order valence-corrected chi connectivity index (χ2v) is 10.1. The number of nitrogens with one attached hydrogen (secondary N) is 1. The molecule has 0 heterocycles. The lowest BCUT2D eigenvalue weighted by atomic mass is 10.0. The smallest absolute Gasteiger partial charge is 0.348 e. The summed E-state index contributed by atoms with van der Waals surface area (Å²) in [6.07, 6.45) is 1.02. The number of hydrogen-bond donors (Lipinski definition) is 1. The molecule has 2 aromatic rings. The summed E-state index contributed by atoms with van der Waals surface area (Å²) in [5.41, 5.74) is 1.79. The molecule has 0 amide bonds. The number of esters is 1. The fraction of sp³-hybridized carbons (Fsp3) is 0.458. The van der Waals surface area contributed by atoms with Crippen LogP contribution in [0.3, 0.4) is 0 Å². The van der Waals surface area contributed by atoms with Crippen molar-refractivity contribution in [2.45, 2.75) is 58.7 Å². The average Bonchev–Trinajstić information content (AvgIpc) is 2.79. The molecular formula is C24H34NO5P. The van der Waals surface area contributed by atoms with Crippen LogP contribution in [0.4, 0.5) is 0 Å². The number of benzene rings is 2. The minimum atomic E-state index is -3.63. The molecule has 2 atom stereocenters. The van der Waals surface area contributed by atoms with E-state index in [1.807, 2.05) is 81.4 Å². The molecule has 170 valence electrons. The van der Waals surface area contributed by atoms with Gasteiger partial charge in [0, 0.05) is 0 Å². The van der Waals surface area contributed by atoms with Gasteiger partial charge in [-0.15, -0.1) is 0 Å². The Morgan fingerprint density at radius 3 is 1.81 bits per heavy atom. The van der Waals surface area contributed by atoms with Crippen LogP contribution in [0.15, 0.2) is 60.7 Å². The van der Waals surface area contributed by atoms with Crippen LogP contribution in [0, 0.1) is 5.92 Å². The molecule has 0 aliphatic rings. The Bertz CT molecular complexity index is 781. The summed E-state index contributed by atoms with van der Waals surface area (Å²) >= 11 is 0. The van der Waals surface area contributed by atoms with Crippen LogP contribution in [0.1, 0.15) is 44.7 Å². The minimum absolute atomic E-state index is 0.151. The van der Waals surface area contributed by atoms with E-state index < -0.39 is 19.4 Å². The van der Waals surface area contributed by atoms with Gasteiger partial charge in [0.2, 0.25) is 0 Å². The van der Waals surface area contributed by atoms with E-state index in [0.717, 1.165) is 11.1 Å². The summed E-state index contributed by atoms with van der Waals surface area (Å²) in [4.78, 5) is 12.3. The molecular weight excluding hydrogens is 413 g/mol. The topological polar surface area (TPSA) is 73.9 Å². The van der Waals surface area contributed by atoms with Crippen LogP contribution in [0.5, 0.6) is 0 Å². The first-order valence-corrected chi connectivity index (χ1v) is 12.3. The van der Waals surface area contributed by atoms with E-state index >= 15 is 0 Å². The summed E-state index contributed by atoms with van der Waals surface area (Å²) in [6, 6.07) is 18.5. The Labute approximate surface area is 185 Å². The first-order chi connectivity index (χ1) is 14.9. The third-order valence-electron chi connectivity index (χ3n) is 4.86. The second-order valence-electron chi connectivity index (χ2n) is 7.85. The maximum absolute atomic E-state index is 14.0. The molecule has 0 fully saturated rings. The maximum Gasteiger partial charge on any atom is 0.348 e. The number of rotatable bonds is 13. The van der Waals surface area contributed by atoms with Crippen molar-refractivity contribution < 1.29 is 23.1 Å². The molecule has 2 aromatic carbocycles. The van der Waals surface area contributed by atoms with E-state index in [9.17, 15) is 9.36 Å². The van der Waals surface area contributed by atoms with Gasteiger partial charge in [0.25, 0.3) is 0 Å². The molecule has 0 radical (unpaired) electrons. The molecule has 31 heavy (non-hydrogen) atoms. The predicted molar refractivity (Wildman–Crippen MR) is 123 cm³/mol. The van der Waals surface area contributed by atoms with Gasteiger partial charge in [-0.2, -0.15) is 0 Å². The first kappa shape index (κ1) is 25.3. The van der Waals surface area contributed by atoms with Gasteiger partial charge in [-0.05, 0) is 29.9 Å². The van der Waals surface area contributed by atoms with E-state index in [0.29, 0.717) is 12.8 Å². The number of carbonyl (C=O) groups is 1. The van der Waals surface area contributed by atoms with Crippen molar-refractivity contribution in [3.05, 3.63) is 71.8 Å². The van der Waals surface area contributed by atoms with Crippen LogP contribution >= 0.6 is 7.60 Å². The van der Waals surface area contributed by atoms with Crippen molar-refractivity contribution in [1.29, 1.82) is 0 Å². The van der Waals surface area contributed by atoms with Gasteiger partial charge < -0.3 is 13.8 Å². The van der Waals surface area contributed by atoms with Crippen molar-refractivity contribution in [3.8, 4) is 0 Å². The van der Waals surface area contributed by atoms with Gasteiger partial charge in [0.1, 0.15) is 11.8 Å². The van der Waals surface area contributed by atoms with E-state index in [2.05, 4.69) is 5.32 Å². The van der Waals surface area contributed by atoms with Gasteiger partial charge in [-0.1, -0.05) is 81.4 Å². The lowest BCUT2D eigenvalue weighted by molar-refractivity contribution is -0.143. The third-order valence-corrected chi connectivity index (χ3v) is 7.12. The Hall–Kier alpha value is -1.98. The van der Waals surface area contributed by atoms with Crippen molar-refractivity contribution in [3.63, 3.8) is 0 Å². The highest BCUT2D eigenvalue weighted by molar-refractivity contribution is 7.54. The zero-order valence-corrected chi connectivity index (χ0v) is 19.7. The van der Waals surface area contributed by atoms with E-state index in [4.69, 9.17) is 13.8 Å². The zero-order valence-electron chi connectivity index (χ0n) is 18.8. The molecule has 1 N–H and O–H groups in total. The number of ether oxygens (including phenoxy) is 1. The fourth-order valence-corrected chi connectivity index (χ4v) is 5.11. The van der Waals surface area contributed by atoms with Crippen molar-refractivity contribution >= 4 is 13.6 Å². The van der Waals surface area contributed by atoms with E-state index in [1.165, 1.54) is 7.11 Å². The highest BCUT2D eigenvalue weighted by Crippen LogP contribution is 2.54. The van der Waals surface area contributed by atoms with Crippen LogP contribution in [0.2, 0.25) is 0 Å². The van der Waals surface area contributed by atoms with Gasteiger partial charge in [-0.3, -0.25) is 14.7 Å². The third kappa shape index (κ3) is 8.23. The normalized spacial score (nSPS) is 13.7. The molecule has 0 aromatic heterocycles. The first-order valence-electron chi connectivity index (χ1n) is 10.7. The van der Waals surface area contributed by atoms with Crippen molar-refractivity contribution in [1.82, 2.24) is 5.32 Å². The van der Waals surface area contributed by atoms with Crippen molar-refractivity contribution in [2.24, 2.45) is 5.92 Å². The molecule has 7 heteroatoms. The molecule has 0 bridgehead atoms. The highest BCUT2D eigenvalue weighted by atomic mass is 31.2. The monoisotopic (exact) mass is 447 g/mol. The van der Waals surface area contributed by atoms with Crippen LogP contribution < -0.4 is 5.32 Å². The van der Waals surface area contributed by atoms with Crippen LogP contribution in [-0.2, 0) is 36.4 Å². The molecule has 2 rings (SSSR count). The van der Waals surface area contributed by atoms with Gasteiger partial charge >= 0.3 is 13.6 Å². The minimum Gasteiger partial charge on any atom is -0.468 e. The number of carbonyl (C=O) groups excluding carboxylic acids is 1. The largest absolute Gasteiger partial charge is 0.468 e. The number of hydrogen-bond acceptors (Lipinski definition) is 6. The Balaban J connectivity index is 2.23.